The molecule has 0 heterocycles. The smallest absolute Gasteiger partial charge is 0.350 e. The van der Waals surface area contributed by atoms with Gasteiger partial charge in [-0.1, -0.05) is 12.1 Å². The molecule has 0 spiro atoms. The van der Waals surface area contributed by atoms with Crippen molar-refractivity contribution in [3.8, 4) is 5.75 Å². The van der Waals surface area contributed by atoms with Crippen LogP contribution in [0.25, 0.3) is 0 Å². The van der Waals surface area contributed by atoms with Gasteiger partial charge in [0.05, 0.1) is 6.10 Å². The molecular formula is C20H19FO4. The third-order valence-electron chi connectivity index (χ3n) is 3.94. The second-order valence-electron chi connectivity index (χ2n) is 6.41. The highest BCUT2D eigenvalue weighted by Gasteiger charge is 2.54. The zero-order valence-corrected chi connectivity index (χ0v) is 14.1. The molecule has 3 rings (SSSR count). The fourth-order valence-corrected chi connectivity index (χ4v) is 2.48. The summed E-state index contributed by atoms with van der Waals surface area (Å²) in [6, 6.07) is 12.0. The Balaban J connectivity index is 1.71. The van der Waals surface area contributed by atoms with E-state index in [2.05, 4.69) is 0 Å². The number of benzene rings is 2. The first kappa shape index (κ1) is 17.1. The molecule has 0 bridgehead atoms. The van der Waals surface area contributed by atoms with E-state index in [9.17, 15) is 14.0 Å². The maximum absolute atomic E-state index is 13.3. The van der Waals surface area contributed by atoms with Crippen molar-refractivity contribution < 1.29 is 23.5 Å². The Morgan fingerprint density at radius 2 is 1.72 bits per heavy atom. The van der Waals surface area contributed by atoms with Gasteiger partial charge in [-0.05, 0) is 50.2 Å². The Morgan fingerprint density at radius 1 is 1.04 bits per heavy atom. The van der Waals surface area contributed by atoms with Gasteiger partial charge in [-0.2, -0.15) is 0 Å². The Kier molecular flexibility index (Phi) is 4.57. The lowest BCUT2D eigenvalue weighted by Crippen LogP contribution is -2.33. The Labute approximate surface area is 145 Å². The van der Waals surface area contributed by atoms with Crippen LogP contribution in [0.5, 0.6) is 5.75 Å². The van der Waals surface area contributed by atoms with Crippen molar-refractivity contribution in [3.05, 3.63) is 65.5 Å². The van der Waals surface area contributed by atoms with Gasteiger partial charge in [0.25, 0.3) is 0 Å². The number of hydrogen-bond donors (Lipinski definition) is 0. The second kappa shape index (κ2) is 6.67. The molecule has 0 aliphatic heterocycles. The molecular weight excluding hydrogens is 323 g/mol. The number of carbonyl (C=O) groups is 2. The van der Waals surface area contributed by atoms with E-state index in [0.717, 1.165) is 0 Å². The van der Waals surface area contributed by atoms with Crippen molar-refractivity contribution in [2.45, 2.75) is 38.4 Å². The largest absolute Gasteiger partial charge is 0.476 e. The summed E-state index contributed by atoms with van der Waals surface area (Å²) in [5.74, 6) is -0.590. The molecule has 0 atom stereocenters. The van der Waals surface area contributed by atoms with E-state index < -0.39 is 11.4 Å². The maximum Gasteiger partial charge on any atom is 0.350 e. The van der Waals surface area contributed by atoms with Crippen LogP contribution in [0.4, 0.5) is 4.39 Å². The molecule has 0 N–H and O–H groups in total. The van der Waals surface area contributed by atoms with Crippen LogP contribution in [0.2, 0.25) is 0 Å². The minimum Gasteiger partial charge on any atom is -0.476 e. The molecule has 1 aliphatic carbocycles. The van der Waals surface area contributed by atoms with Gasteiger partial charge in [0, 0.05) is 24.0 Å². The molecule has 130 valence electrons. The molecule has 4 nitrogen and oxygen atoms in total. The number of hydrogen-bond acceptors (Lipinski definition) is 4. The highest BCUT2D eigenvalue weighted by Crippen LogP contribution is 2.41. The minimum absolute atomic E-state index is 0.195. The summed E-state index contributed by atoms with van der Waals surface area (Å²) in [4.78, 5) is 24.5. The molecule has 0 saturated heterocycles. The number of carbonyl (C=O) groups excluding carboxylic acids is 2. The molecule has 0 radical (unpaired) electrons. The molecule has 2 aromatic carbocycles. The maximum atomic E-state index is 13.3. The predicted molar refractivity (Wildman–Crippen MR) is 90.1 cm³/mol. The minimum atomic E-state index is -0.904. The monoisotopic (exact) mass is 342 g/mol. The van der Waals surface area contributed by atoms with Crippen molar-refractivity contribution in [2.24, 2.45) is 0 Å². The lowest BCUT2D eigenvalue weighted by atomic mass is 10.0. The van der Waals surface area contributed by atoms with Crippen LogP contribution in [-0.2, 0) is 9.53 Å². The SMILES string of the molecule is CC(C)OC(=O)C1(Oc2ccc(C(=O)c3cccc(F)c3)cc2)CC1. The molecule has 2 aromatic rings. The molecule has 0 unspecified atom stereocenters. The van der Waals surface area contributed by atoms with E-state index in [1.54, 1.807) is 44.2 Å². The van der Waals surface area contributed by atoms with E-state index in [-0.39, 0.29) is 23.4 Å². The fourth-order valence-electron chi connectivity index (χ4n) is 2.48. The first-order valence-electron chi connectivity index (χ1n) is 8.20. The summed E-state index contributed by atoms with van der Waals surface area (Å²) in [5, 5.41) is 0. The van der Waals surface area contributed by atoms with Crippen molar-refractivity contribution in [1.29, 1.82) is 0 Å². The molecule has 1 fully saturated rings. The third-order valence-corrected chi connectivity index (χ3v) is 3.94. The molecule has 0 amide bonds. The van der Waals surface area contributed by atoms with Crippen molar-refractivity contribution in [3.63, 3.8) is 0 Å². The average Bonchev–Trinajstić information content (AvgIpc) is 3.35. The highest BCUT2D eigenvalue weighted by atomic mass is 19.1. The van der Waals surface area contributed by atoms with Crippen LogP contribution in [0.15, 0.2) is 48.5 Å². The zero-order chi connectivity index (χ0) is 18.0. The average molecular weight is 342 g/mol. The molecule has 25 heavy (non-hydrogen) atoms. The fraction of sp³-hybridized carbons (Fsp3) is 0.300. The predicted octanol–water partition coefficient (Wildman–Crippen LogP) is 3.92. The number of esters is 1. The van der Waals surface area contributed by atoms with E-state index in [4.69, 9.17) is 9.47 Å². The van der Waals surface area contributed by atoms with Crippen LogP contribution in [-0.4, -0.2) is 23.5 Å². The van der Waals surface area contributed by atoms with Gasteiger partial charge < -0.3 is 9.47 Å². The number of ether oxygens (including phenoxy) is 2. The standard InChI is InChI=1S/C20H19FO4/c1-13(2)24-19(23)20(10-11-20)25-17-8-6-14(7-9-17)18(22)15-4-3-5-16(21)12-15/h3-9,12-13H,10-11H2,1-2H3. The van der Waals surface area contributed by atoms with Gasteiger partial charge in [0.2, 0.25) is 5.60 Å². The number of halogens is 1. The summed E-state index contributed by atoms with van der Waals surface area (Å²) in [6.07, 6.45) is 1.03. The number of rotatable bonds is 6. The Bertz CT molecular complexity index is 792. The van der Waals surface area contributed by atoms with Crippen LogP contribution in [0, 0.1) is 5.82 Å². The lowest BCUT2D eigenvalue weighted by molar-refractivity contribution is -0.158. The molecule has 1 aliphatic rings. The van der Waals surface area contributed by atoms with Crippen molar-refractivity contribution >= 4 is 11.8 Å². The van der Waals surface area contributed by atoms with Gasteiger partial charge in [0.15, 0.2) is 5.78 Å². The van der Waals surface area contributed by atoms with Gasteiger partial charge in [0.1, 0.15) is 11.6 Å². The van der Waals surface area contributed by atoms with Crippen LogP contribution < -0.4 is 4.74 Å². The number of ketones is 1. The van der Waals surface area contributed by atoms with Crippen molar-refractivity contribution in [2.75, 3.05) is 0 Å². The van der Waals surface area contributed by atoms with Gasteiger partial charge in [-0.25, -0.2) is 9.18 Å². The summed E-state index contributed by atoms with van der Waals surface area (Å²) >= 11 is 0. The Hall–Kier alpha value is -2.69. The molecule has 0 aromatic heterocycles. The van der Waals surface area contributed by atoms with E-state index in [0.29, 0.717) is 24.2 Å². The zero-order valence-electron chi connectivity index (χ0n) is 14.1. The summed E-state index contributed by atoms with van der Waals surface area (Å²) in [7, 11) is 0. The quantitative estimate of drug-likeness (QED) is 0.590. The van der Waals surface area contributed by atoms with Gasteiger partial charge in [-0.3, -0.25) is 4.79 Å². The van der Waals surface area contributed by atoms with E-state index in [1.807, 2.05) is 0 Å². The van der Waals surface area contributed by atoms with Crippen LogP contribution >= 0.6 is 0 Å². The Morgan fingerprint density at radius 3 is 2.28 bits per heavy atom. The van der Waals surface area contributed by atoms with Gasteiger partial charge >= 0.3 is 5.97 Å². The van der Waals surface area contributed by atoms with Crippen LogP contribution in [0.1, 0.15) is 42.6 Å². The van der Waals surface area contributed by atoms with E-state index in [1.165, 1.54) is 18.2 Å². The van der Waals surface area contributed by atoms with Gasteiger partial charge in [-0.15, -0.1) is 0 Å². The van der Waals surface area contributed by atoms with Crippen molar-refractivity contribution in [1.82, 2.24) is 0 Å². The summed E-state index contributed by atoms with van der Waals surface area (Å²) < 4.78 is 24.3. The first-order chi connectivity index (χ1) is 11.9. The summed E-state index contributed by atoms with van der Waals surface area (Å²) in [6.45, 7) is 3.58. The van der Waals surface area contributed by atoms with E-state index >= 15 is 0 Å². The summed E-state index contributed by atoms with van der Waals surface area (Å²) in [5.41, 5.74) is -0.196. The molecule has 5 heteroatoms. The van der Waals surface area contributed by atoms with Crippen LogP contribution in [0.3, 0.4) is 0 Å². The topological polar surface area (TPSA) is 52.6 Å². The lowest BCUT2D eigenvalue weighted by Gasteiger charge is -2.18. The molecule has 1 saturated carbocycles. The highest BCUT2D eigenvalue weighted by molar-refractivity contribution is 6.09. The third kappa shape index (κ3) is 3.87. The normalized spacial score (nSPS) is 14.9. The second-order valence-corrected chi connectivity index (χ2v) is 6.41. The first-order valence-corrected chi connectivity index (χ1v) is 8.20.